The van der Waals surface area contributed by atoms with E-state index in [1.54, 1.807) is 7.11 Å². The van der Waals surface area contributed by atoms with Crippen LogP contribution in [-0.2, 0) is 4.84 Å². The molecule has 2 bridgehead atoms. The van der Waals surface area contributed by atoms with Gasteiger partial charge >= 0.3 is 0 Å². The lowest BCUT2D eigenvalue weighted by molar-refractivity contribution is 0.106. The van der Waals surface area contributed by atoms with E-state index in [2.05, 4.69) is 72.6 Å². The maximum atomic E-state index is 11.0. The molecule has 1 fully saturated rings. The lowest BCUT2D eigenvalue weighted by Crippen LogP contribution is -2.56. The average Bonchev–Trinajstić information content (AvgIpc) is 2.81. The van der Waals surface area contributed by atoms with Crippen molar-refractivity contribution < 1.29 is 9.94 Å². The van der Waals surface area contributed by atoms with E-state index in [0.29, 0.717) is 6.04 Å². The van der Waals surface area contributed by atoms with E-state index in [4.69, 9.17) is 4.84 Å². The predicted molar refractivity (Wildman–Crippen MR) is 106 cm³/mol. The third-order valence-corrected chi connectivity index (χ3v) is 6.10. The Labute approximate surface area is 154 Å². The zero-order valence-corrected chi connectivity index (χ0v) is 15.6. The maximum Gasteiger partial charge on any atom is 0.108 e. The molecule has 4 heteroatoms. The molecule has 0 amide bonds. The van der Waals surface area contributed by atoms with E-state index in [1.165, 1.54) is 21.9 Å². The first-order valence-electron chi connectivity index (χ1n) is 9.32. The highest BCUT2D eigenvalue weighted by atomic mass is 16.6. The van der Waals surface area contributed by atoms with Crippen LogP contribution >= 0.6 is 0 Å². The van der Waals surface area contributed by atoms with Crippen LogP contribution in [0.25, 0.3) is 16.3 Å². The van der Waals surface area contributed by atoms with Crippen LogP contribution in [0.15, 0.2) is 53.7 Å². The zero-order chi connectivity index (χ0) is 18.3. The summed E-state index contributed by atoms with van der Waals surface area (Å²) < 4.78 is 0. The minimum Gasteiger partial charge on any atom is -0.399 e. The molecule has 4 rings (SSSR count). The van der Waals surface area contributed by atoms with Crippen LogP contribution in [0.4, 0.5) is 0 Å². The van der Waals surface area contributed by atoms with E-state index in [1.807, 2.05) is 0 Å². The summed E-state index contributed by atoms with van der Waals surface area (Å²) in [5.74, 6) is 0. The first-order chi connectivity index (χ1) is 12.6. The Hall–Kier alpha value is -2.17. The molecule has 0 spiro atoms. The number of hydrogen-bond donors (Lipinski definition) is 1. The molecule has 1 N–H and O–H groups in total. The summed E-state index contributed by atoms with van der Waals surface area (Å²) in [5, 5.41) is 17.7. The van der Waals surface area contributed by atoms with Gasteiger partial charge in [0.15, 0.2) is 0 Å². The predicted octanol–water partition coefficient (Wildman–Crippen LogP) is 3.84. The SMILES string of the molecule is CCC(=NOC)[C@@]12C=C(c3ccc4ccccc4c3)CC(CC1O)N2C. The fraction of sp³-hybridized carbons (Fsp3) is 0.409. The molecule has 136 valence electrons. The van der Waals surface area contributed by atoms with Crippen LogP contribution in [0.1, 0.15) is 31.7 Å². The standard InChI is InChI=1S/C22H26N2O2/c1-4-20(23-26-3)22-14-18(12-19(24(22)2)13-21(22)25)17-10-9-15-7-5-6-8-16(15)11-17/h5-11,14,19,21,25H,4,12-13H2,1-3H3/t19?,21?,22-/m0/s1. The summed E-state index contributed by atoms with van der Waals surface area (Å²) in [7, 11) is 3.66. The molecular formula is C22H26N2O2. The molecule has 0 aliphatic carbocycles. The summed E-state index contributed by atoms with van der Waals surface area (Å²) >= 11 is 0. The minimum absolute atomic E-state index is 0.310. The normalized spacial score (nSPS) is 29.1. The molecule has 3 atom stereocenters. The number of aliphatic hydroxyl groups excluding tert-OH is 1. The second-order valence-corrected chi connectivity index (χ2v) is 7.35. The van der Waals surface area contributed by atoms with Gasteiger partial charge in [0, 0.05) is 6.04 Å². The third kappa shape index (κ3) is 2.48. The first kappa shape index (κ1) is 17.3. The molecular weight excluding hydrogens is 324 g/mol. The Morgan fingerprint density at radius 2 is 2.04 bits per heavy atom. The summed E-state index contributed by atoms with van der Waals surface area (Å²) in [6.07, 6.45) is 4.20. The smallest absolute Gasteiger partial charge is 0.108 e. The highest BCUT2D eigenvalue weighted by molar-refractivity contribution is 5.99. The van der Waals surface area contributed by atoms with Gasteiger partial charge in [0.2, 0.25) is 0 Å². The molecule has 0 radical (unpaired) electrons. The van der Waals surface area contributed by atoms with Gasteiger partial charge in [-0.2, -0.15) is 0 Å². The van der Waals surface area contributed by atoms with Gasteiger partial charge in [-0.1, -0.05) is 54.6 Å². The van der Waals surface area contributed by atoms with Gasteiger partial charge in [0.05, 0.1) is 11.8 Å². The first-order valence-corrected chi connectivity index (χ1v) is 9.32. The van der Waals surface area contributed by atoms with Gasteiger partial charge in [-0.15, -0.1) is 0 Å². The molecule has 2 aliphatic heterocycles. The number of nitrogens with zero attached hydrogens (tertiary/aromatic N) is 2. The van der Waals surface area contributed by atoms with Crippen molar-refractivity contribution >= 4 is 22.1 Å². The number of aliphatic hydroxyl groups is 1. The molecule has 0 aromatic heterocycles. The Kier molecular flexibility index (Phi) is 4.33. The number of benzene rings is 2. The van der Waals surface area contributed by atoms with Crippen molar-refractivity contribution in [2.24, 2.45) is 5.16 Å². The molecule has 1 saturated heterocycles. The Morgan fingerprint density at radius 1 is 1.27 bits per heavy atom. The average molecular weight is 350 g/mol. The Balaban J connectivity index is 1.85. The number of hydrogen-bond acceptors (Lipinski definition) is 4. The fourth-order valence-electron chi connectivity index (χ4n) is 4.73. The van der Waals surface area contributed by atoms with Crippen LogP contribution in [0.2, 0.25) is 0 Å². The van der Waals surface area contributed by atoms with Crippen molar-refractivity contribution in [2.75, 3.05) is 14.2 Å². The molecule has 0 saturated carbocycles. The zero-order valence-electron chi connectivity index (χ0n) is 15.6. The molecule has 2 heterocycles. The fourth-order valence-corrected chi connectivity index (χ4v) is 4.73. The molecule has 26 heavy (non-hydrogen) atoms. The van der Waals surface area contributed by atoms with E-state index in [0.717, 1.165) is 25.0 Å². The maximum absolute atomic E-state index is 11.0. The summed E-state index contributed by atoms with van der Waals surface area (Å²) in [6.45, 7) is 2.07. The molecule has 2 aromatic rings. The number of likely N-dealkylation sites (N-methyl/N-ethyl adjacent to an activating group) is 1. The topological polar surface area (TPSA) is 45.1 Å². The minimum atomic E-state index is -0.575. The Morgan fingerprint density at radius 3 is 2.77 bits per heavy atom. The van der Waals surface area contributed by atoms with Crippen molar-refractivity contribution in [3.8, 4) is 0 Å². The Bertz CT molecular complexity index is 889. The van der Waals surface area contributed by atoms with Crippen molar-refractivity contribution in [3.05, 3.63) is 54.1 Å². The quantitative estimate of drug-likeness (QED) is 0.673. The van der Waals surface area contributed by atoms with E-state index < -0.39 is 11.6 Å². The van der Waals surface area contributed by atoms with Gasteiger partial charge in [0.25, 0.3) is 0 Å². The molecule has 2 aliphatic rings. The highest BCUT2D eigenvalue weighted by Crippen LogP contribution is 2.46. The third-order valence-electron chi connectivity index (χ3n) is 6.10. The van der Waals surface area contributed by atoms with E-state index >= 15 is 0 Å². The van der Waals surface area contributed by atoms with Crippen LogP contribution in [0.3, 0.4) is 0 Å². The van der Waals surface area contributed by atoms with Crippen molar-refractivity contribution in [2.45, 2.75) is 43.9 Å². The van der Waals surface area contributed by atoms with Gasteiger partial charge in [-0.3, -0.25) is 4.90 Å². The van der Waals surface area contributed by atoms with Crippen LogP contribution in [0, 0.1) is 0 Å². The van der Waals surface area contributed by atoms with E-state index in [9.17, 15) is 5.11 Å². The second-order valence-electron chi connectivity index (χ2n) is 7.35. The van der Waals surface area contributed by atoms with E-state index in [-0.39, 0.29) is 0 Å². The second kappa shape index (κ2) is 6.53. The van der Waals surface area contributed by atoms with Crippen molar-refractivity contribution in [3.63, 3.8) is 0 Å². The van der Waals surface area contributed by atoms with Crippen LogP contribution < -0.4 is 0 Å². The van der Waals surface area contributed by atoms with Gasteiger partial charge in [0.1, 0.15) is 12.6 Å². The summed E-state index contributed by atoms with van der Waals surface area (Å²) in [4.78, 5) is 7.39. The number of oxime groups is 1. The lowest BCUT2D eigenvalue weighted by atomic mass is 9.82. The number of rotatable bonds is 4. The largest absolute Gasteiger partial charge is 0.399 e. The van der Waals surface area contributed by atoms with Gasteiger partial charge in [-0.05, 0) is 54.3 Å². The van der Waals surface area contributed by atoms with Crippen LogP contribution in [0.5, 0.6) is 0 Å². The number of fused-ring (bicyclic) bond motifs is 3. The summed E-state index contributed by atoms with van der Waals surface area (Å²) in [5.41, 5.74) is 2.82. The van der Waals surface area contributed by atoms with Gasteiger partial charge in [-0.25, -0.2) is 0 Å². The van der Waals surface area contributed by atoms with Gasteiger partial charge < -0.3 is 9.94 Å². The summed E-state index contributed by atoms with van der Waals surface area (Å²) in [6, 6.07) is 15.4. The molecule has 2 aromatic carbocycles. The van der Waals surface area contributed by atoms with Crippen molar-refractivity contribution in [1.82, 2.24) is 4.90 Å². The van der Waals surface area contributed by atoms with Crippen LogP contribution in [-0.4, -0.2) is 47.6 Å². The molecule has 2 unspecified atom stereocenters. The monoisotopic (exact) mass is 350 g/mol. The highest BCUT2D eigenvalue weighted by Gasteiger charge is 2.55. The van der Waals surface area contributed by atoms with Crippen molar-refractivity contribution in [1.29, 1.82) is 0 Å². The lowest BCUT2D eigenvalue weighted by Gasteiger charge is -2.42. The molecule has 4 nitrogen and oxygen atoms in total.